The van der Waals surface area contributed by atoms with Gasteiger partial charge in [0.15, 0.2) is 6.10 Å². The van der Waals surface area contributed by atoms with E-state index in [1.165, 1.54) is 6.92 Å². The predicted octanol–water partition coefficient (Wildman–Crippen LogP) is 2.78. The van der Waals surface area contributed by atoms with Gasteiger partial charge in [0.1, 0.15) is 17.5 Å². The molecule has 28 heavy (non-hydrogen) atoms. The van der Waals surface area contributed by atoms with E-state index in [4.69, 9.17) is 14.7 Å². The minimum atomic E-state index is -0.826. The maximum Gasteiger partial charge on any atom is 0.307 e. The number of hydrogen-bond donors (Lipinski definition) is 0. The number of nitriles is 1. The number of methoxy groups -OCH3 is 1. The summed E-state index contributed by atoms with van der Waals surface area (Å²) in [4.78, 5) is 29.4. The number of aryl methyl sites for hydroxylation is 1. The zero-order valence-corrected chi connectivity index (χ0v) is 15.6. The zero-order valence-electron chi connectivity index (χ0n) is 15.6. The standard InChI is InChI=1S/C21H19N3O4/c1-14(13-22)28-20(25)12-11-18-21(26)24(15-7-9-16(27-2)10-8-15)19-6-4-3-5-17(19)23-18/h3-10,14H,11-12H2,1-2H3/t14-/m1/s1. The Morgan fingerprint density at radius 3 is 2.61 bits per heavy atom. The SMILES string of the molecule is COc1ccc(-n2c(=O)c(CCC(=O)O[C@H](C)C#N)nc3ccccc32)cc1. The quantitative estimate of drug-likeness (QED) is 0.613. The molecule has 0 spiro atoms. The molecule has 3 rings (SSSR count). The summed E-state index contributed by atoms with van der Waals surface area (Å²) in [6.45, 7) is 1.49. The molecule has 0 aliphatic heterocycles. The highest BCUT2D eigenvalue weighted by atomic mass is 16.5. The Labute approximate surface area is 161 Å². The van der Waals surface area contributed by atoms with Gasteiger partial charge in [-0.25, -0.2) is 4.98 Å². The van der Waals surface area contributed by atoms with Crippen molar-refractivity contribution in [3.63, 3.8) is 0 Å². The van der Waals surface area contributed by atoms with Gasteiger partial charge >= 0.3 is 5.97 Å². The van der Waals surface area contributed by atoms with Crippen molar-refractivity contribution < 1.29 is 14.3 Å². The number of esters is 1. The minimum absolute atomic E-state index is 0.0325. The van der Waals surface area contributed by atoms with Crippen molar-refractivity contribution in [1.29, 1.82) is 5.26 Å². The third kappa shape index (κ3) is 4.01. The van der Waals surface area contributed by atoms with E-state index < -0.39 is 12.1 Å². The molecule has 2 aromatic carbocycles. The second kappa shape index (κ2) is 8.35. The van der Waals surface area contributed by atoms with E-state index in [0.717, 1.165) is 0 Å². The van der Waals surface area contributed by atoms with Crippen molar-refractivity contribution in [2.24, 2.45) is 0 Å². The lowest BCUT2D eigenvalue weighted by molar-refractivity contribution is -0.145. The van der Waals surface area contributed by atoms with Gasteiger partial charge in [-0.2, -0.15) is 5.26 Å². The minimum Gasteiger partial charge on any atom is -0.497 e. The maximum absolute atomic E-state index is 13.1. The number of ether oxygens (including phenoxy) is 2. The Morgan fingerprint density at radius 2 is 1.93 bits per heavy atom. The van der Waals surface area contributed by atoms with Crippen LogP contribution in [0.2, 0.25) is 0 Å². The van der Waals surface area contributed by atoms with Crippen LogP contribution in [0.25, 0.3) is 16.7 Å². The van der Waals surface area contributed by atoms with E-state index in [1.807, 2.05) is 30.3 Å². The van der Waals surface area contributed by atoms with Crippen LogP contribution in [0.3, 0.4) is 0 Å². The Bertz CT molecular complexity index is 1100. The van der Waals surface area contributed by atoms with Crippen LogP contribution in [0, 0.1) is 11.3 Å². The molecule has 0 radical (unpaired) electrons. The fourth-order valence-corrected chi connectivity index (χ4v) is 2.83. The lowest BCUT2D eigenvalue weighted by Crippen LogP contribution is -2.25. The lowest BCUT2D eigenvalue weighted by Gasteiger charge is -2.13. The van der Waals surface area contributed by atoms with Crippen molar-refractivity contribution >= 4 is 17.0 Å². The number of fused-ring (bicyclic) bond motifs is 1. The number of carbonyl (C=O) groups excluding carboxylic acids is 1. The van der Waals surface area contributed by atoms with Gasteiger partial charge in [0.25, 0.3) is 5.56 Å². The van der Waals surface area contributed by atoms with E-state index in [1.54, 1.807) is 35.9 Å². The first-order valence-electron chi connectivity index (χ1n) is 8.77. The molecule has 7 nitrogen and oxygen atoms in total. The Hall–Kier alpha value is -3.66. The molecular formula is C21H19N3O4. The van der Waals surface area contributed by atoms with E-state index >= 15 is 0 Å². The van der Waals surface area contributed by atoms with Crippen molar-refractivity contribution in [2.45, 2.75) is 25.9 Å². The summed E-state index contributed by atoms with van der Waals surface area (Å²) in [6, 6.07) is 16.3. The molecule has 0 unspecified atom stereocenters. The molecule has 0 saturated heterocycles. The second-order valence-electron chi connectivity index (χ2n) is 6.15. The highest BCUT2D eigenvalue weighted by Crippen LogP contribution is 2.19. The molecule has 1 aromatic heterocycles. The second-order valence-corrected chi connectivity index (χ2v) is 6.15. The smallest absolute Gasteiger partial charge is 0.307 e. The van der Waals surface area contributed by atoms with E-state index in [0.29, 0.717) is 22.5 Å². The normalized spacial score (nSPS) is 11.6. The fraction of sp³-hybridized carbons (Fsp3) is 0.238. The Morgan fingerprint density at radius 1 is 1.21 bits per heavy atom. The van der Waals surface area contributed by atoms with Crippen molar-refractivity contribution in [3.05, 3.63) is 64.6 Å². The topological polar surface area (TPSA) is 94.2 Å². The number of nitrogens with zero attached hydrogens (tertiary/aromatic N) is 3. The molecular weight excluding hydrogens is 358 g/mol. The molecule has 0 aliphatic rings. The Kier molecular flexibility index (Phi) is 5.70. The highest BCUT2D eigenvalue weighted by Gasteiger charge is 2.15. The van der Waals surface area contributed by atoms with Gasteiger partial charge in [0.2, 0.25) is 0 Å². The molecule has 0 aliphatic carbocycles. The van der Waals surface area contributed by atoms with Gasteiger partial charge in [-0.1, -0.05) is 12.1 Å². The summed E-state index contributed by atoms with van der Waals surface area (Å²) < 4.78 is 11.7. The van der Waals surface area contributed by atoms with Crippen molar-refractivity contribution in [3.8, 4) is 17.5 Å². The fourth-order valence-electron chi connectivity index (χ4n) is 2.83. The molecule has 0 bridgehead atoms. The summed E-state index contributed by atoms with van der Waals surface area (Å²) in [5.74, 6) is 0.143. The highest BCUT2D eigenvalue weighted by molar-refractivity contribution is 5.77. The van der Waals surface area contributed by atoms with Gasteiger partial charge in [0, 0.05) is 12.1 Å². The summed E-state index contributed by atoms with van der Waals surface area (Å²) >= 11 is 0. The van der Waals surface area contributed by atoms with Crippen LogP contribution in [0.5, 0.6) is 5.75 Å². The van der Waals surface area contributed by atoms with Crippen LogP contribution >= 0.6 is 0 Å². The average molecular weight is 377 g/mol. The summed E-state index contributed by atoms with van der Waals surface area (Å²) in [5, 5.41) is 8.73. The first kappa shape index (κ1) is 19.1. The lowest BCUT2D eigenvalue weighted by atomic mass is 10.2. The third-order valence-corrected chi connectivity index (χ3v) is 4.21. The van der Waals surface area contributed by atoms with E-state index in [-0.39, 0.29) is 24.1 Å². The largest absolute Gasteiger partial charge is 0.497 e. The maximum atomic E-state index is 13.1. The van der Waals surface area contributed by atoms with Gasteiger partial charge in [-0.05, 0) is 43.3 Å². The van der Waals surface area contributed by atoms with Crippen LogP contribution in [0.15, 0.2) is 53.3 Å². The molecule has 1 heterocycles. The number of aromatic nitrogens is 2. The van der Waals surface area contributed by atoms with Crippen LogP contribution in [0.1, 0.15) is 19.0 Å². The van der Waals surface area contributed by atoms with Crippen LogP contribution in [-0.4, -0.2) is 28.7 Å². The van der Waals surface area contributed by atoms with Crippen LogP contribution < -0.4 is 10.3 Å². The number of para-hydroxylation sites is 2. The number of carbonyl (C=O) groups is 1. The van der Waals surface area contributed by atoms with E-state index in [2.05, 4.69) is 4.98 Å². The average Bonchev–Trinajstić information content (AvgIpc) is 2.72. The molecule has 1 atom stereocenters. The van der Waals surface area contributed by atoms with Gasteiger partial charge in [-0.3, -0.25) is 14.2 Å². The van der Waals surface area contributed by atoms with Crippen LogP contribution in [0.4, 0.5) is 0 Å². The first-order chi connectivity index (χ1) is 13.5. The van der Waals surface area contributed by atoms with Crippen molar-refractivity contribution in [2.75, 3.05) is 7.11 Å². The van der Waals surface area contributed by atoms with Gasteiger partial charge in [-0.15, -0.1) is 0 Å². The summed E-state index contributed by atoms with van der Waals surface area (Å²) in [5.41, 5.74) is 1.95. The molecule has 0 fully saturated rings. The van der Waals surface area contributed by atoms with Crippen LogP contribution in [-0.2, 0) is 16.0 Å². The molecule has 7 heteroatoms. The Balaban J connectivity index is 2.00. The first-order valence-corrected chi connectivity index (χ1v) is 8.77. The van der Waals surface area contributed by atoms with Gasteiger partial charge < -0.3 is 9.47 Å². The molecule has 3 aromatic rings. The number of hydrogen-bond acceptors (Lipinski definition) is 6. The summed E-state index contributed by atoms with van der Waals surface area (Å²) in [7, 11) is 1.58. The van der Waals surface area contributed by atoms with Gasteiger partial charge in [0.05, 0.1) is 24.6 Å². The predicted molar refractivity (Wildman–Crippen MR) is 103 cm³/mol. The summed E-state index contributed by atoms with van der Waals surface area (Å²) in [6.07, 6.45) is -0.737. The van der Waals surface area contributed by atoms with E-state index in [9.17, 15) is 9.59 Å². The number of benzene rings is 2. The zero-order chi connectivity index (χ0) is 20.1. The molecule has 0 saturated carbocycles. The van der Waals surface area contributed by atoms with Crippen molar-refractivity contribution in [1.82, 2.24) is 9.55 Å². The molecule has 0 amide bonds. The molecule has 142 valence electrons. The third-order valence-electron chi connectivity index (χ3n) is 4.21. The molecule has 0 N–H and O–H groups in total. The number of rotatable bonds is 6. The monoisotopic (exact) mass is 377 g/mol.